The number of likely N-dealkylation sites (tertiary alicyclic amines) is 1. The Morgan fingerprint density at radius 3 is 2.79 bits per heavy atom. The fourth-order valence-corrected chi connectivity index (χ4v) is 2.56. The van der Waals surface area contributed by atoms with Gasteiger partial charge in [-0.1, -0.05) is 12.1 Å². The third kappa shape index (κ3) is 3.70. The van der Waals surface area contributed by atoms with Crippen molar-refractivity contribution < 1.29 is 9.53 Å². The van der Waals surface area contributed by atoms with Crippen LogP contribution in [0.4, 0.5) is 0 Å². The molecule has 0 bridgehead atoms. The van der Waals surface area contributed by atoms with E-state index >= 15 is 0 Å². The average Bonchev–Trinajstić information content (AvgIpc) is 2.89. The van der Waals surface area contributed by atoms with Crippen molar-refractivity contribution in [1.29, 1.82) is 0 Å². The Morgan fingerprint density at radius 2 is 2.16 bits per heavy atom. The number of rotatable bonds is 5. The molecule has 104 valence electrons. The first-order valence-corrected chi connectivity index (χ1v) is 6.83. The molecule has 4 heteroatoms. The van der Waals surface area contributed by atoms with E-state index in [-0.39, 0.29) is 5.91 Å². The highest BCUT2D eigenvalue weighted by Crippen LogP contribution is 2.20. The molecule has 2 rings (SSSR count). The maximum atomic E-state index is 12.2. The van der Waals surface area contributed by atoms with Crippen LogP contribution >= 0.6 is 0 Å². The molecule has 1 amide bonds. The second-order valence-corrected chi connectivity index (χ2v) is 5.10. The fourth-order valence-electron chi connectivity index (χ4n) is 2.56. The van der Waals surface area contributed by atoms with E-state index in [4.69, 9.17) is 10.5 Å². The van der Waals surface area contributed by atoms with Crippen LogP contribution in [0.15, 0.2) is 24.3 Å². The number of carbonyl (C=O) groups excluding carboxylic acids is 1. The van der Waals surface area contributed by atoms with Gasteiger partial charge in [0.05, 0.1) is 13.5 Å². The molecule has 1 fully saturated rings. The van der Waals surface area contributed by atoms with Crippen molar-refractivity contribution in [2.75, 3.05) is 26.7 Å². The molecule has 1 aromatic rings. The molecule has 1 saturated heterocycles. The summed E-state index contributed by atoms with van der Waals surface area (Å²) >= 11 is 0. The summed E-state index contributed by atoms with van der Waals surface area (Å²) in [5.74, 6) is 1.62. The van der Waals surface area contributed by atoms with Crippen LogP contribution in [-0.2, 0) is 11.2 Å². The summed E-state index contributed by atoms with van der Waals surface area (Å²) in [6.07, 6.45) is 2.58. The lowest BCUT2D eigenvalue weighted by atomic mass is 10.1. The summed E-state index contributed by atoms with van der Waals surface area (Å²) in [5.41, 5.74) is 6.60. The van der Waals surface area contributed by atoms with Gasteiger partial charge < -0.3 is 15.4 Å². The molecule has 0 aliphatic carbocycles. The predicted molar refractivity (Wildman–Crippen MR) is 75.1 cm³/mol. The summed E-state index contributed by atoms with van der Waals surface area (Å²) in [7, 11) is 1.64. The van der Waals surface area contributed by atoms with Gasteiger partial charge in [-0.05, 0) is 43.0 Å². The lowest BCUT2D eigenvalue weighted by Gasteiger charge is -2.16. The number of amides is 1. The lowest BCUT2D eigenvalue weighted by Crippen LogP contribution is -2.30. The molecule has 0 spiro atoms. The highest BCUT2D eigenvalue weighted by molar-refractivity contribution is 5.79. The highest BCUT2D eigenvalue weighted by Gasteiger charge is 2.25. The molecule has 0 saturated carbocycles. The summed E-state index contributed by atoms with van der Waals surface area (Å²) < 4.78 is 5.11. The second kappa shape index (κ2) is 6.57. The maximum Gasteiger partial charge on any atom is 0.226 e. The lowest BCUT2D eigenvalue weighted by molar-refractivity contribution is -0.129. The number of nitrogens with two attached hydrogens (primary N) is 1. The molecule has 1 aliphatic rings. The first-order chi connectivity index (χ1) is 9.22. The summed E-state index contributed by atoms with van der Waals surface area (Å²) in [5, 5.41) is 0. The van der Waals surface area contributed by atoms with E-state index in [0.29, 0.717) is 18.9 Å². The zero-order valence-electron chi connectivity index (χ0n) is 11.5. The minimum absolute atomic E-state index is 0.213. The van der Waals surface area contributed by atoms with Gasteiger partial charge in [0.2, 0.25) is 5.91 Å². The Bertz CT molecular complexity index is 417. The molecule has 0 aromatic heterocycles. The molecule has 19 heavy (non-hydrogen) atoms. The Labute approximate surface area is 114 Å². The SMILES string of the molecule is COc1ccc(CC(=O)N2CCC(CCN)C2)cc1. The predicted octanol–water partition coefficient (Wildman–Crippen LogP) is 1.43. The van der Waals surface area contributed by atoms with Crippen LogP contribution in [0.1, 0.15) is 18.4 Å². The quantitative estimate of drug-likeness (QED) is 0.873. The van der Waals surface area contributed by atoms with Crippen LogP contribution in [-0.4, -0.2) is 37.6 Å². The number of benzene rings is 1. The van der Waals surface area contributed by atoms with E-state index < -0.39 is 0 Å². The van der Waals surface area contributed by atoms with Gasteiger partial charge in [0, 0.05) is 13.1 Å². The van der Waals surface area contributed by atoms with E-state index in [1.54, 1.807) is 7.11 Å². The largest absolute Gasteiger partial charge is 0.497 e. The molecular formula is C15H22N2O2. The second-order valence-electron chi connectivity index (χ2n) is 5.10. The molecule has 0 radical (unpaired) electrons. The third-order valence-corrected chi connectivity index (χ3v) is 3.73. The van der Waals surface area contributed by atoms with E-state index in [0.717, 1.165) is 37.2 Å². The summed E-state index contributed by atoms with van der Waals surface area (Å²) in [6, 6.07) is 7.68. The first-order valence-electron chi connectivity index (χ1n) is 6.83. The van der Waals surface area contributed by atoms with Gasteiger partial charge in [-0.25, -0.2) is 0 Å². The van der Waals surface area contributed by atoms with Crippen LogP contribution in [0, 0.1) is 5.92 Å². The average molecular weight is 262 g/mol. The number of nitrogens with zero attached hydrogens (tertiary/aromatic N) is 1. The number of hydrogen-bond acceptors (Lipinski definition) is 3. The first kappa shape index (κ1) is 13.9. The number of ether oxygens (including phenoxy) is 1. The summed E-state index contributed by atoms with van der Waals surface area (Å²) in [4.78, 5) is 14.1. The molecule has 2 N–H and O–H groups in total. The molecule has 4 nitrogen and oxygen atoms in total. The zero-order valence-corrected chi connectivity index (χ0v) is 11.5. The number of carbonyl (C=O) groups is 1. The fraction of sp³-hybridized carbons (Fsp3) is 0.533. The maximum absolute atomic E-state index is 12.2. The zero-order chi connectivity index (χ0) is 13.7. The van der Waals surface area contributed by atoms with E-state index in [1.807, 2.05) is 29.2 Å². The van der Waals surface area contributed by atoms with Crippen molar-refractivity contribution in [2.24, 2.45) is 11.7 Å². The topological polar surface area (TPSA) is 55.6 Å². The van der Waals surface area contributed by atoms with Gasteiger partial charge in [-0.2, -0.15) is 0 Å². The third-order valence-electron chi connectivity index (χ3n) is 3.73. The highest BCUT2D eigenvalue weighted by atomic mass is 16.5. The van der Waals surface area contributed by atoms with Crippen LogP contribution < -0.4 is 10.5 Å². The molecule has 1 atom stereocenters. The van der Waals surface area contributed by atoms with Crippen LogP contribution in [0.5, 0.6) is 5.75 Å². The van der Waals surface area contributed by atoms with E-state index in [2.05, 4.69) is 0 Å². The van der Waals surface area contributed by atoms with Crippen molar-refractivity contribution in [3.63, 3.8) is 0 Å². The van der Waals surface area contributed by atoms with Gasteiger partial charge in [0.15, 0.2) is 0 Å². The van der Waals surface area contributed by atoms with Crippen molar-refractivity contribution in [3.8, 4) is 5.75 Å². The van der Waals surface area contributed by atoms with Crippen LogP contribution in [0.25, 0.3) is 0 Å². The normalized spacial score (nSPS) is 18.6. The van der Waals surface area contributed by atoms with Gasteiger partial charge >= 0.3 is 0 Å². The van der Waals surface area contributed by atoms with E-state index in [1.165, 1.54) is 0 Å². The molecular weight excluding hydrogens is 240 g/mol. The van der Waals surface area contributed by atoms with E-state index in [9.17, 15) is 4.79 Å². The van der Waals surface area contributed by atoms with Crippen molar-refractivity contribution in [2.45, 2.75) is 19.3 Å². The van der Waals surface area contributed by atoms with Gasteiger partial charge in [0.1, 0.15) is 5.75 Å². The Morgan fingerprint density at radius 1 is 1.42 bits per heavy atom. The molecule has 1 aliphatic heterocycles. The monoisotopic (exact) mass is 262 g/mol. The Kier molecular flexibility index (Phi) is 4.80. The molecule has 1 heterocycles. The molecule has 1 aromatic carbocycles. The number of methoxy groups -OCH3 is 1. The van der Waals surface area contributed by atoms with Crippen LogP contribution in [0.3, 0.4) is 0 Å². The van der Waals surface area contributed by atoms with Gasteiger partial charge in [0.25, 0.3) is 0 Å². The summed E-state index contributed by atoms with van der Waals surface area (Å²) in [6.45, 7) is 2.46. The van der Waals surface area contributed by atoms with Crippen molar-refractivity contribution >= 4 is 5.91 Å². The Balaban J connectivity index is 1.87. The van der Waals surface area contributed by atoms with Crippen LogP contribution in [0.2, 0.25) is 0 Å². The number of hydrogen-bond donors (Lipinski definition) is 1. The minimum Gasteiger partial charge on any atom is -0.497 e. The molecule has 1 unspecified atom stereocenters. The van der Waals surface area contributed by atoms with Gasteiger partial charge in [-0.3, -0.25) is 4.79 Å². The Hall–Kier alpha value is -1.55. The smallest absolute Gasteiger partial charge is 0.226 e. The minimum atomic E-state index is 0.213. The standard InChI is InChI=1S/C15H22N2O2/c1-19-14-4-2-12(3-5-14)10-15(18)17-9-7-13(11-17)6-8-16/h2-5,13H,6-11,16H2,1H3. The van der Waals surface area contributed by atoms with Gasteiger partial charge in [-0.15, -0.1) is 0 Å². The van der Waals surface area contributed by atoms with Crippen molar-refractivity contribution in [1.82, 2.24) is 4.90 Å². The van der Waals surface area contributed by atoms with Crippen molar-refractivity contribution in [3.05, 3.63) is 29.8 Å².